The van der Waals surface area contributed by atoms with Crippen LogP contribution in [0.15, 0.2) is 36.4 Å². The lowest BCUT2D eigenvalue weighted by atomic mass is 9.98. The molecule has 2 aromatic rings. The number of nitrogens with zero attached hydrogens (tertiary/aromatic N) is 1. The highest BCUT2D eigenvalue weighted by atomic mass is 32.1. The fourth-order valence-electron chi connectivity index (χ4n) is 2.74. The summed E-state index contributed by atoms with van der Waals surface area (Å²) >= 11 is 1.34. The molecule has 1 unspecified atom stereocenters. The second-order valence-electron chi connectivity index (χ2n) is 5.60. The maximum absolute atomic E-state index is 13.0. The van der Waals surface area contributed by atoms with Crippen molar-refractivity contribution in [3.05, 3.63) is 47.1 Å². The van der Waals surface area contributed by atoms with Crippen LogP contribution in [0.3, 0.4) is 0 Å². The molecule has 3 rings (SSSR count). The fourth-order valence-corrected chi connectivity index (χ4v) is 3.72. The van der Waals surface area contributed by atoms with Crippen LogP contribution in [0.25, 0.3) is 10.4 Å². The number of rotatable bonds is 3. The van der Waals surface area contributed by atoms with Gasteiger partial charge in [0, 0.05) is 18.0 Å². The second kappa shape index (κ2) is 6.50. The molecule has 1 amide bonds. The first kappa shape index (κ1) is 15.7. The van der Waals surface area contributed by atoms with E-state index >= 15 is 0 Å². The molecule has 0 bridgehead atoms. The first-order valence-electron chi connectivity index (χ1n) is 7.42. The van der Waals surface area contributed by atoms with Gasteiger partial charge in [-0.15, -0.1) is 11.3 Å². The molecule has 0 spiro atoms. The number of benzene rings is 1. The fraction of sp³-hybridized carbons (Fsp3) is 0.294. The number of thiophene rings is 1. The molecule has 1 atom stereocenters. The van der Waals surface area contributed by atoms with Crippen LogP contribution in [0.4, 0.5) is 4.39 Å². The number of piperidine rings is 1. The average molecular weight is 333 g/mol. The van der Waals surface area contributed by atoms with E-state index in [0.29, 0.717) is 24.3 Å². The molecule has 1 saturated heterocycles. The van der Waals surface area contributed by atoms with E-state index in [1.807, 2.05) is 6.07 Å². The number of carboxylic acid groups (broad SMARTS) is 1. The van der Waals surface area contributed by atoms with Gasteiger partial charge in [0.1, 0.15) is 5.82 Å². The van der Waals surface area contributed by atoms with Gasteiger partial charge in [0.05, 0.1) is 10.8 Å². The van der Waals surface area contributed by atoms with Crippen molar-refractivity contribution in [1.82, 2.24) is 4.90 Å². The van der Waals surface area contributed by atoms with Crippen molar-refractivity contribution in [2.24, 2.45) is 5.92 Å². The zero-order valence-electron chi connectivity index (χ0n) is 12.4. The van der Waals surface area contributed by atoms with Crippen molar-refractivity contribution in [2.75, 3.05) is 13.1 Å². The quantitative estimate of drug-likeness (QED) is 0.935. The molecule has 4 nitrogen and oxygen atoms in total. The van der Waals surface area contributed by atoms with E-state index in [-0.39, 0.29) is 18.3 Å². The smallest absolute Gasteiger partial charge is 0.308 e. The van der Waals surface area contributed by atoms with Gasteiger partial charge in [-0.1, -0.05) is 12.1 Å². The Morgan fingerprint density at radius 2 is 1.91 bits per heavy atom. The van der Waals surface area contributed by atoms with Gasteiger partial charge < -0.3 is 10.0 Å². The lowest BCUT2D eigenvalue weighted by Gasteiger charge is -2.30. The standard InChI is InChI=1S/C17H16FNO3S/c18-13-5-3-11(4-6-13)14-7-8-15(23-14)16(20)19-9-1-2-12(10-19)17(21)22/h3-8,12H,1-2,9-10H2,(H,21,22). The Morgan fingerprint density at radius 3 is 2.61 bits per heavy atom. The van der Waals surface area contributed by atoms with E-state index in [2.05, 4.69) is 0 Å². The van der Waals surface area contributed by atoms with E-state index in [1.165, 1.54) is 23.5 Å². The zero-order valence-corrected chi connectivity index (χ0v) is 13.2. The monoisotopic (exact) mass is 333 g/mol. The van der Waals surface area contributed by atoms with Crippen LogP contribution < -0.4 is 0 Å². The van der Waals surface area contributed by atoms with Crippen molar-refractivity contribution < 1.29 is 19.1 Å². The summed E-state index contributed by atoms with van der Waals surface area (Å²) in [6, 6.07) is 9.71. The summed E-state index contributed by atoms with van der Waals surface area (Å²) < 4.78 is 13.0. The molecule has 1 aromatic heterocycles. The molecule has 1 aromatic carbocycles. The lowest BCUT2D eigenvalue weighted by molar-refractivity contribution is -0.143. The van der Waals surface area contributed by atoms with Gasteiger partial charge in [0.2, 0.25) is 0 Å². The minimum atomic E-state index is -0.847. The van der Waals surface area contributed by atoms with E-state index in [1.54, 1.807) is 23.1 Å². The number of carbonyl (C=O) groups is 2. The molecule has 1 aliphatic heterocycles. The Balaban J connectivity index is 1.75. The van der Waals surface area contributed by atoms with E-state index < -0.39 is 11.9 Å². The number of carboxylic acids is 1. The van der Waals surface area contributed by atoms with Gasteiger partial charge in [-0.2, -0.15) is 0 Å². The van der Waals surface area contributed by atoms with Crippen LogP contribution in [0.2, 0.25) is 0 Å². The number of halogens is 1. The molecule has 23 heavy (non-hydrogen) atoms. The van der Waals surface area contributed by atoms with Crippen molar-refractivity contribution in [2.45, 2.75) is 12.8 Å². The van der Waals surface area contributed by atoms with E-state index in [4.69, 9.17) is 5.11 Å². The predicted octanol–water partition coefficient (Wildman–Crippen LogP) is 3.49. The zero-order chi connectivity index (χ0) is 16.4. The lowest BCUT2D eigenvalue weighted by Crippen LogP contribution is -2.42. The highest BCUT2D eigenvalue weighted by Crippen LogP contribution is 2.30. The second-order valence-corrected chi connectivity index (χ2v) is 6.68. The first-order chi connectivity index (χ1) is 11.0. The van der Waals surface area contributed by atoms with E-state index in [0.717, 1.165) is 10.4 Å². The van der Waals surface area contributed by atoms with E-state index in [9.17, 15) is 14.0 Å². The van der Waals surface area contributed by atoms with Gasteiger partial charge in [0.25, 0.3) is 5.91 Å². The summed E-state index contributed by atoms with van der Waals surface area (Å²) in [6.07, 6.45) is 1.32. The average Bonchev–Trinajstić information content (AvgIpc) is 3.05. The molecule has 0 radical (unpaired) electrons. The molecule has 1 fully saturated rings. The third-order valence-electron chi connectivity index (χ3n) is 4.00. The van der Waals surface area contributed by atoms with Crippen molar-refractivity contribution in [3.63, 3.8) is 0 Å². The summed E-state index contributed by atoms with van der Waals surface area (Å²) in [6.45, 7) is 0.852. The Bertz CT molecular complexity index is 726. The summed E-state index contributed by atoms with van der Waals surface area (Å²) in [5.74, 6) is -1.76. The van der Waals surface area contributed by atoms with Crippen LogP contribution in [-0.4, -0.2) is 35.0 Å². The Labute approximate surface area is 137 Å². The Kier molecular flexibility index (Phi) is 4.43. The minimum Gasteiger partial charge on any atom is -0.481 e. The molecule has 6 heteroatoms. The molecule has 1 N–H and O–H groups in total. The topological polar surface area (TPSA) is 57.6 Å². The number of carbonyl (C=O) groups excluding carboxylic acids is 1. The van der Waals surface area contributed by atoms with Gasteiger partial charge in [-0.25, -0.2) is 4.39 Å². The van der Waals surface area contributed by atoms with Crippen LogP contribution in [0.5, 0.6) is 0 Å². The minimum absolute atomic E-state index is 0.130. The largest absolute Gasteiger partial charge is 0.481 e. The van der Waals surface area contributed by atoms with Gasteiger partial charge in [-0.3, -0.25) is 9.59 Å². The molecule has 0 saturated carbocycles. The molecule has 120 valence electrons. The number of amides is 1. The number of aliphatic carboxylic acids is 1. The Morgan fingerprint density at radius 1 is 1.17 bits per heavy atom. The van der Waals surface area contributed by atoms with Crippen molar-refractivity contribution in [3.8, 4) is 10.4 Å². The molecule has 1 aliphatic rings. The van der Waals surface area contributed by atoms with Crippen molar-refractivity contribution in [1.29, 1.82) is 0 Å². The third-order valence-corrected chi connectivity index (χ3v) is 5.13. The van der Waals surface area contributed by atoms with Crippen molar-refractivity contribution >= 4 is 23.2 Å². The third kappa shape index (κ3) is 3.42. The predicted molar refractivity (Wildman–Crippen MR) is 86.0 cm³/mol. The first-order valence-corrected chi connectivity index (χ1v) is 8.24. The summed E-state index contributed by atoms with van der Waals surface area (Å²) in [4.78, 5) is 26.7. The van der Waals surface area contributed by atoms with Crippen LogP contribution in [-0.2, 0) is 4.79 Å². The molecular weight excluding hydrogens is 317 g/mol. The summed E-state index contributed by atoms with van der Waals surface area (Å²) in [5, 5.41) is 9.12. The van der Waals surface area contributed by atoms with Gasteiger partial charge in [-0.05, 0) is 42.7 Å². The molecule has 2 heterocycles. The Hall–Kier alpha value is -2.21. The normalized spacial score (nSPS) is 18.0. The number of hydrogen-bond acceptors (Lipinski definition) is 3. The maximum atomic E-state index is 13.0. The SMILES string of the molecule is O=C(O)C1CCCN(C(=O)c2ccc(-c3ccc(F)cc3)s2)C1. The van der Waals surface area contributed by atoms with Gasteiger partial charge in [0.15, 0.2) is 0 Å². The highest BCUT2D eigenvalue weighted by molar-refractivity contribution is 7.17. The van der Waals surface area contributed by atoms with Crippen LogP contribution in [0, 0.1) is 11.7 Å². The molecule has 0 aliphatic carbocycles. The molecular formula is C17H16FNO3S. The van der Waals surface area contributed by atoms with Crippen LogP contribution >= 0.6 is 11.3 Å². The van der Waals surface area contributed by atoms with Gasteiger partial charge >= 0.3 is 5.97 Å². The highest BCUT2D eigenvalue weighted by Gasteiger charge is 2.29. The number of hydrogen-bond donors (Lipinski definition) is 1. The summed E-state index contributed by atoms with van der Waals surface area (Å²) in [5.41, 5.74) is 0.859. The maximum Gasteiger partial charge on any atom is 0.308 e. The summed E-state index contributed by atoms with van der Waals surface area (Å²) in [7, 11) is 0. The van der Waals surface area contributed by atoms with Crippen LogP contribution in [0.1, 0.15) is 22.5 Å². The number of likely N-dealkylation sites (tertiary alicyclic amines) is 1.